The number of anilines is 2. The first kappa shape index (κ1) is 20.0. The number of rotatable bonds is 5. The van der Waals surface area contributed by atoms with E-state index in [2.05, 4.69) is 10.6 Å². The van der Waals surface area contributed by atoms with Crippen LogP contribution in [0.1, 0.15) is 20.0 Å². The molecule has 0 radical (unpaired) electrons. The van der Waals surface area contributed by atoms with Crippen LogP contribution in [0.5, 0.6) is 0 Å². The van der Waals surface area contributed by atoms with Crippen LogP contribution in [0.15, 0.2) is 70.9 Å². The van der Waals surface area contributed by atoms with Gasteiger partial charge >= 0.3 is 5.51 Å². The first-order chi connectivity index (χ1) is 13.3. The third-order valence-electron chi connectivity index (χ3n) is 3.47. The van der Waals surface area contributed by atoms with Crippen molar-refractivity contribution in [2.75, 3.05) is 10.6 Å². The van der Waals surface area contributed by atoms with Crippen LogP contribution in [0.2, 0.25) is 0 Å². The van der Waals surface area contributed by atoms with Gasteiger partial charge in [-0.3, -0.25) is 9.59 Å². The van der Waals surface area contributed by atoms with Gasteiger partial charge in [-0.05, 0) is 65.7 Å². The minimum Gasteiger partial charge on any atom is -0.322 e. The molecule has 4 nitrogen and oxygen atoms in total. The number of alkyl halides is 3. The Bertz CT molecular complexity index is 972. The van der Waals surface area contributed by atoms with Crippen molar-refractivity contribution < 1.29 is 22.8 Å². The Morgan fingerprint density at radius 2 is 1.50 bits per heavy atom. The van der Waals surface area contributed by atoms with Crippen molar-refractivity contribution in [1.29, 1.82) is 0 Å². The fourth-order valence-corrected chi connectivity index (χ4v) is 3.44. The molecule has 0 aliphatic carbocycles. The molecule has 0 unspecified atom stereocenters. The van der Waals surface area contributed by atoms with Gasteiger partial charge in [-0.15, -0.1) is 11.3 Å². The summed E-state index contributed by atoms with van der Waals surface area (Å²) in [6.07, 6.45) is 0. The number of carbonyl (C=O) groups excluding carboxylic acids is 2. The van der Waals surface area contributed by atoms with Crippen LogP contribution in [0, 0.1) is 0 Å². The van der Waals surface area contributed by atoms with Crippen LogP contribution in [-0.2, 0) is 0 Å². The summed E-state index contributed by atoms with van der Waals surface area (Å²) >= 11 is 1.07. The van der Waals surface area contributed by atoms with E-state index in [4.69, 9.17) is 0 Å². The molecule has 0 saturated carbocycles. The van der Waals surface area contributed by atoms with Crippen LogP contribution >= 0.6 is 23.1 Å². The molecular formula is C19H13F3N2O2S2. The van der Waals surface area contributed by atoms with E-state index in [9.17, 15) is 22.8 Å². The quantitative estimate of drug-likeness (QED) is 0.506. The lowest BCUT2D eigenvalue weighted by Crippen LogP contribution is -2.13. The van der Waals surface area contributed by atoms with Crippen LogP contribution in [0.4, 0.5) is 24.5 Å². The zero-order valence-electron chi connectivity index (χ0n) is 14.1. The lowest BCUT2D eigenvalue weighted by atomic mass is 10.2. The molecule has 0 fully saturated rings. The summed E-state index contributed by atoms with van der Waals surface area (Å²) in [4.78, 5) is 25.0. The lowest BCUT2D eigenvalue weighted by Gasteiger charge is -2.09. The molecule has 0 saturated heterocycles. The van der Waals surface area contributed by atoms with Crippen molar-refractivity contribution in [3.05, 3.63) is 76.5 Å². The average Bonchev–Trinajstić information content (AvgIpc) is 3.16. The lowest BCUT2D eigenvalue weighted by molar-refractivity contribution is -0.0328. The first-order valence-electron chi connectivity index (χ1n) is 7.92. The van der Waals surface area contributed by atoms with Gasteiger partial charge in [-0.25, -0.2) is 0 Å². The normalized spacial score (nSPS) is 11.1. The predicted octanol–water partition coefficient (Wildman–Crippen LogP) is 5.86. The SMILES string of the molecule is O=C(Nc1cccc(NC(=O)c2cccs2)c1)c1ccc(SC(F)(F)F)cc1. The van der Waals surface area contributed by atoms with Gasteiger partial charge < -0.3 is 10.6 Å². The highest BCUT2D eigenvalue weighted by Crippen LogP contribution is 2.36. The van der Waals surface area contributed by atoms with E-state index < -0.39 is 11.4 Å². The summed E-state index contributed by atoms with van der Waals surface area (Å²) in [6.45, 7) is 0. The maximum Gasteiger partial charge on any atom is 0.446 e. The fraction of sp³-hybridized carbons (Fsp3) is 0.0526. The topological polar surface area (TPSA) is 58.2 Å². The van der Waals surface area contributed by atoms with Crippen LogP contribution in [0.3, 0.4) is 0 Å². The molecule has 9 heteroatoms. The minimum atomic E-state index is -4.38. The average molecular weight is 422 g/mol. The van der Waals surface area contributed by atoms with E-state index >= 15 is 0 Å². The molecule has 2 aromatic carbocycles. The number of thioether (sulfide) groups is 1. The minimum absolute atomic E-state index is 0.00216. The Morgan fingerprint density at radius 3 is 2.07 bits per heavy atom. The third kappa shape index (κ3) is 5.61. The molecule has 3 rings (SSSR count). The van der Waals surface area contributed by atoms with E-state index in [1.54, 1.807) is 41.8 Å². The largest absolute Gasteiger partial charge is 0.446 e. The van der Waals surface area contributed by atoms with Crippen LogP contribution in [-0.4, -0.2) is 17.3 Å². The molecule has 2 N–H and O–H groups in total. The maximum absolute atomic E-state index is 12.4. The van der Waals surface area contributed by atoms with E-state index in [1.807, 2.05) is 0 Å². The summed E-state index contributed by atoms with van der Waals surface area (Å²) in [5.41, 5.74) is -3.20. The summed E-state index contributed by atoms with van der Waals surface area (Å²) in [5, 5.41) is 7.19. The number of benzene rings is 2. The number of nitrogens with one attached hydrogen (secondary N) is 2. The monoisotopic (exact) mass is 422 g/mol. The molecule has 0 aliphatic rings. The number of thiophene rings is 1. The van der Waals surface area contributed by atoms with Crippen LogP contribution < -0.4 is 10.6 Å². The number of amides is 2. The van der Waals surface area contributed by atoms with Crippen molar-refractivity contribution in [3.8, 4) is 0 Å². The molecular weight excluding hydrogens is 409 g/mol. The van der Waals surface area contributed by atoms with E-state index in [0.29, 0.717) is 16.3 Å². The van der Waals surface area contributed by atoms with Gasteiger partial charge in [-0.2, -0.15) is 13.2 Å². The summed E-state index contributed by atoms with van der Waals surface area (Å²) < 4.78 is 37.1. The Hall–Kier alpha value is -2.78. The maximum atomic E-state index is 12.4. The zero-order chi connectivity index (χ0) is 20.1. The Labute approximate surface area is 166 Å². The Morgan fingerprint density at radius 1 is 0.857 bits per heavy atom. The summed E-state index contributed by atoms with van der Waals surface area (Å²) in [6, 6.07) is 15.2. The van der Waals surface area contributed by atoms with Gasteiger partial charge in [0.05, 0.1) is 4.88 Å². The Kier molecular flexibility index (Phi) is 6.05. The highest BCUT2D eigenvalue weighted by Gasteiger charge is 2.29. The van der Waals surface area contributed by atoms with Crippen molar-refractivity contribution in [2.24, 2.45) is 0 Å². The highest BCUT2D eigenvalue weighted by atomic mass is 32.2. The molecule has 3 aromatic rings. The molecule has 0 aliphatic heterocycles. The number of halogens is 3. The van der Waals surface area contributed by atoms with Gasteiger partial charge in [0.25, 0.3) is 11.8 Å². The van der Waals surface area contributed by atoms with E-state index in [1.165, 1.54) is 35.6 Å². The Balaban J connectivity index is 1.65. The molecule has 0 spiro atoms. The smallest absolute Gasteiger partial charge is 0.322 e. The molecule has 1 aromatic heterocycles. The summed E-state index contributed by atoms with van der Waals surface area (Å²) in [7, 11) is 0. The second kappa shape index (κ2) is 8.49. The molecule has 0 atom stereocenters. The second-order valence-electron chi connectivity index (χ2n) is 5.54. The fourth-order valence-electron chi connectivity index (χ4n) is 2.29. The molecule has 28 heavy (non-hydrogen) atoms. The van der Waals surface area contributed by atoms with Crippen molar-refractivity contribution in [3.63, 3.8) is 0 Å². The molecule has 0 bridgehead atoms. The number of hydrogen-bond donors (Lipinski definition) is 2. The van der Waals surface area contributed by atoms with Gasteiger partial charge in [0.1, 0.15) is 0 Å². The molecule has 144 valence electrons. The van der Waals surface area contributed by atoms with Crippen molar-refractivity contribution in [2.45, 2.75) is 10.4 Å². The zero-order valence-corrected chi connectivity index (χ0v) is 15.8. The molecule has 1 heterocycles. The van der Waals surface area contributed by atoms with Gasteiger partial charge in [-0.1, -0.05) is 12.1 Å². The standard InChI is InChI=1S/C19H13F3N2O2S2/c20-19(21,22)28-15-8-6-12(7-9-15)17(25)23-13-3-1-4-14(11-13)24-18(26)16-5-2-10-27-16/h1-11H,(H,23,25)(H,24,26). The van der Waals surface area contributed by atoms with Gasteiger partial charge in [0, 0.05) is 21.8 Å². The second-order valence-corrected chi connectivity index (χ2v) is 7.62. The number of carbonyl (C=O) groups is 2. The predicted molar refractivity (Wildman–Crippen MR) is 105 cm³/mol. The first-order valence-corrected chi connectivity index (χ1v) is 9.62. The van der Waals surface area contributed by atoms with Gasteiger partial charge in [0.2, 0.25) is 0 Å². The van der Waals surface area contributed by atoms with Crippen molar-refractivity contribution >= 4 is 46.3 Å². The van der Waals surface area contributed by atoms with Gasteiger partial charge in [0.15, 0.2) is 0 Å². The molecule has 2 amide bonds. The third-order valence-corrected chi connectivity index (χ3v) is 5.08. The van der Waals surface area contributed by atoms with E-state index in [0.717, 1.165) is 0 Å². The van der Waals surface area contributed by atoms with E-state index in [-0.39, 0.29) is 28.1 Å². The van der Waals surface area contributed by atoms with Crippen molar-refractivity contribution in [1.82, 2.24) is 0 Å². The van der Waals surface area contributed by atoms with Crippen LogP contribution in [0.25, 0.3) is 0 Å². The summed E-state index contributed by atoms with van der Waals surface area (Å²) in [5.74, 6) is -0.721. The highest BCUT2D eigenvalue weighted by molar-refractivity contribution is 8.00. The number of hydrogen-bond acceptors (Lipinski definition) is 4.